The van der Waals surface area contributed by atoms with Gasteiger partial charge in [0.1, 0.15) is 6.04 Å². The minimum Gasteiger partial charge on any atom is -0.454 e. The van der Waals surface area contributed by atoms with E-state index in [2.05, 4.69) is 20.9 Å². The molecule has 3 N–H and O–H groups in total. The van der Waals surface area contributed by atoms with Gasteiger partial charge in [-0.05, 0) is 80.2 Å². The number of aromatic nitrogens is 1. The van der Waals surface area contributed by atoms with Gasteiger partial charge in [-0.1, -0.05) is 6.07 Å². The Morgan fingerprint density at radius 1 is 1.14 bits per heavy atom. The molecule has 7 nitrogen and oxygen atoms in total. The van der Waals surface area contributed by atoms with E-state index in [4.69, 9.17) is 9.47 Å². The number of hydrogen-bond acceptors (Lipinski definition) is 6. The summed E-state index contributed by atoms with van der Waals surface area (Å²) in [5.41, 5.74) is 1.90. The zero-order valence-electron chi connectivity index (χ0n) is 16.5. The number of amides is 1. The van der Waals surface area contributed by atoms with Crippen LogP contribution in [0.1, 0.15) is 36.4 Å². The minimum absolute atomic E-state index is 0.0500. The summed E-state index contributed by atoms with van der Waals surface area (Å²) in [5.74, 6) is 2.07. The average molecular weight is 396 g/mol. The van der Waals surface area contributed by atoms with E-state index >= 15 is 0 Å². The van der Waals surface area contributed by atoms with Crippen LogP contribution < -0.4 is 25.4 Å². The number of benzene rings is 1. The molecule has 1 saturated heterocycles. The lowest BCUT2D eigenvalue weighted by atomic mass is 9.94. The average Bonchev–Trinajstić information content (AvgIpc) is 3.24. The number of pyridine rings is 1. The molecule has 29 heavy (non-hydrogen) atoms. The lowest BCUT2D eigenvalue weighted by molar-refractivity contribution is -0.123. The molecule has 7 heteroatoms. The molecular formula is C22H28N4O3. The summed E-state index contributed by atoms with van der Waals surface area (Å²) >= 11 is 0. The van der Waals surface area contributed by atoms with Crippen LogP contribution in [-0.2, 0) is 11.3 Å². The first-order valence-corrected chi connectivity index (χ1v) is 10.3. The maximum atomic E-state index is 13.0. The van der Waals surface area contributed by atoms with Gasteiger partial charge < -0.3 is 25.4 Å². The number of carbonyl (C=O) groups is 1. The predicted octanol–water partition coefficient (Wildman–Crippen LogP) is 2.15. The second kappa shape index (κ2) is 9.71. The SMILES string of the molecule is O=C(NCc1ccncc1)C(NCCC1CCNCC1)c1ccc2c(c1)OCO2. The fraction of sp³-hybridized carbons (Fsp3) is 0.455. The van der Waals surface area contributed by atoms with E-state index in [-0.39, 0.29) is 12.7 Å². The van der Waals surface area contributed by atoms with E-state index in [1.165, 1.54) is 12.8 Å². The van der Waals surface area contributed by atoms with Crippen LogP contribution in [0.5, 0.6) is 11.5 Å². The lowest BCUT2D eigenvalue weighted by Crippen LogP contribution is -2.38. The monoisotopic (exact) mass is 396 g/mol. The summed E-state index contributed by atoms with van der Waals surface area (Å²) in [4.78, 5) is 17.0. The molecule has 3 heterocycles. The highest BCUT2D eigenvalue weighted by Crippen LogP contribution is 2.34. The molecule has 1 amide bonds. The summed E-state index contributed by atoms with van der Waals surface area (Å²) in [6.45, 7) is 3.66. The first kappa shape index (κ1) is 19.7. The van der Waals surface area contributed by atoms with Crippen molar-refractivity contribution in [2.24, 2.45) is 5.92 Å². The summed E-state index contributed by atoms with van der Waals surface area (Å²) in [6.07, 6.45) is 6.93. The molecule has 1 atom stereocenters. The molecule has 2 aromatic rings. The fourth-order valence-electron chi connectivity index (χ4n) is 3.85. The Morgan fingerprint density at radius 3 is 2.76 bits per heavy atom. The van der Waals surface area contributed by atoms with Crippen molar-refractivity contribution in [3.8, 4) is 11.5 Å². The zero-order chi connectivity index (χ0) is 19.9. The van der Waals surface area contributed by atoms with E-state index in [0.717, 1.165) is 42.9 Å². The van der Waals surface area contributed by atoms with Crippen molar-refractivity contribution >= 4 is 5.91 Å². The maximum Gasteiger partial charge on any atom is 0.242 e. The maximum absolute atomic E-state index is 13.0. The highest BCUT2D eigenvalue weighted by Gasteiger charge is 2.24. The van der Waals surface area contributed by atoms with E-state index in [0.29, 0.717) is 18.2 Å². The first-order chi connectivity index (χ1) is 14.3. The third-order valence-electron chi connectivity index (χ3n) is 5.57. The molecule has 0 spiro atoms. The van der Waals surface area contributed by atoms with Gasteiger partial charge in [0.25, 0.3) is 0 Å². The van der Waals surface area contributed by atoms with Gasteiger partial charge in [0.15, 0.2) is 11.5 Å². The van der Waals surface area contributed by atoms with Crippen molar-refractivity contribution in [3.63, 3.8) is 0 Å². The van der Waals surface area contributed by atoms with Crippen LogP contribution in [0, 0.1) is 5.92 Å². The minimum atomic E-state index is -0.437. The molecule has 2 aliphatic rings. The molecule has 0 aliphatic carbocycles. The highest BCUT2D eigenvalue weighted by molar-refractivity contribution is 5.83. The van der Waals surface area contributed by atoms with Crippen LogP contribution in [-0.4, -0.2) is 37.3 Å². The van der Waals surface area contributed by atoms with Gasteiger partial charge in [0.05, 0.1) is 0 Å². The van der Waals surface area contributed by atoms with Crippen molar-refractivity contribution in [2.75, 3.05) is 26.4 Å². The summed E-state index contributed by atoms with van der Waals surface area (Å²) < 4.78 is 10.9. The lowest BCUT2D eigenvalue weighted by Gasteiger charge is -2.24. The van der Waals surface area contributed by atoms with Gasteiger partial charge in [-0.3, -0.25) is 9.78 Å². The van der Waals surface area contributed by atoms with Crippen molar-refractivity contribution < 1.29 is 14.3 Å². The Morgan fingerprint density at radius 2 is 1.93 bits per heavy atom. The number of hydrogen-bond donors (Lipinski definition) is 3. The normalized spacial score (nSPS) is 17.1. The number of ether oxygens (including phenoxy) is 2. The van der Waals surface area contributed by atoms with E-state index in [9.17, 15) is 4.79 Å². The van der Waals surface area contributed by atoms with Crippen molar-refractivity contribution in [2.45, 2.75) is 31.8 Å². The Kier molecular flexibility index (Phi) is 6.59. The molecule has 0 radical (unpaired) electrons. The molecule has 1 unspecified atom stereocenters. The number of piperidine rings is 1. The van der Waals surface area contributed by atoms with E-state index in [1.807, 2.05) is 30.3 Å². The first-order valence-electron chi connectivity index (χ1n) is 10.3. The Balaban J connectivity index is 1.41. The smallest absolute Gasteiger partial charge is 0.242 e. The number of fused-ring (bicyclic) bond motifs is 1. The molecule has 1 fully saturated rings. The van der Waals surface area contributed by atoms with Crippen molar-refractivity contribution in [1.29, 1.82) is 0 Å². The third-order valence-corrected chi connectivity index (χ3v) is 5.57. The van der Waals surface area contributed by atoms with Crippen LogP contribution >= 0.6 is 0 Å². The fourth-order valence-corrected chi connectivity index (χ4v) is 3.85. The van der Waals surface area contributed by atoms with E-state index < -0.39 is 6.04 Å². The quantitative estimate of drug-likeness (QED) is 0.634. The Bertz CT molecular complexity index is 809. The molecule has 2 aliphatic heterocycles. The van der Waals surface area contributed by atoms with Gasteiger partial charge in [-0.15, -0.1) is 0 Å². The molecule has 1 aromatic carbocycles. The number of carbonyl (C=O) groups excluding carboxylic acids is 1. The second-order valence-electron chi connectivity index (χ2n) is 7.56. The third kappa shape index (κ3) is 5.25. The van der Waals surface area contributed by atoms with Gasteiger partial charge in [-0.2, -0.15) is 0 Å². The van der Waals surface area contributed by atoms with Crippen molar-refractivity contribution in [3.05, 3.63) is 53.9 Å². The molecule has 4 rings (SSSR count). The van der Waals surface area contributed by atoms with E-state index in [1.54, 1.807) is 12.4 Å². The zero-order valence-corrected chi connectivity index (χ0v) is 16.5. The van der Waals surface area contributed by atoms with Crippen LogP contribution in [0.15, 0.2) is 42.7 Å². The molecule has 0 bridgehead atoms. The van der Waals surface area contributed by atoms with Crippen molar-refractivity contribution in [1.82, 2.24) is 20.9 Å². The second-order valence-corrected chi connectivity index (χ2v) is 7.56. The molecule has 1 aromatic heterocycles. The summed E-state index contributed by atoms with van der Waals surface area (Å²) in [6, 6.07) is 9.07. The van der Waals surface area contributed by atoms with Crippen LogP contribution in [0.2, 0.25) is 0 Å². The van der Waals surface area contributed by atoms with Crippen LogP contribution in [0.25, 0.3) is 0 Å². The number of nitrogens with zero attached hydrogens (tertiary/aromatic N) is 1. The predicted molar refractivity (Wildman–Crippen MR) is 110 cm³/mol. The molecule has 0 saturated carbocycles. The highest BCUT2D eigenvalue weighted by atomic mass is 16.7. The Hall–Kier alpha value is -2.64. The van der Waals surface area contributed by atoms with Crippen LogP contribution in [0.4, 0.5) is 0 Å². The van der Waals surface area contributed by atoms with Crippen LogP contribution in [0.3, 0.4) is 0 Å². The topological polar surface area (TPSA) is 84.5 Å². The molecule has 154 valence electrons. The molecular weight excluding hydrogens is 368 g/mol. The van der Waals surface area contributed by atoms with Gasteiger partial charge in [0.2, 0.25) is 12.7 Å². The number of nitrogens with one attached hydrogen (secondary N) is 3. The van der Waals surface area contributed by atoms with Gasteiger partial charge >= 0.3 is 0 Å². The van der Waals surface area contributed by atoms with Gasteiger partial charge in [-0.25, -0.2) is 0 Å². The summed E-state index contributed by atoms with van der Waals surface area (Å²) in [5, 5.41) is 9.91. The standard InChI is InChI=1S/C22H28N4O3/c27-22(26-14-17-5-10-24-11-6-17)21(25-12-7-16-3-8-23-9-4-16)18-1-2-19-20(13-18)29-15-28-19/h1-2,5-6,10-11,13,16,21,23,25H,3-4,7-9,12,14-15H2,(H,26,27). The van der Waals surface area contributed by atoms with Gasteiger partial charge in [0, 0.05) is 18.9 Å². The Labute approximate surface area is 171 Å². The largest absolute Gasteiger partial charge is 0.454 e. The number of rotatable bonds is 8. The summed E-state index contributed by atoms with van der Waals surface area (Å²) in [7, 11) is 0.